The molecule has 1 aliphatic heterocycles. The Morgan fingerprint density at radius 1 is 1.40 bits per heavy atom. The Balaban J connectivity index is 1.58. The molecule has 1 aromatic heterocycles. The van der Waals surface area contributed by atoms with Gasteiger partial charge in [-0.1, -0.05) is 36.2 Å². The SMILES string of the molecule is CCN1CCC[C@H]1CNC(=O)c1nnc(Cc2ccc(Cl)cc2Cl)o1. The molecule has 1 aromatic carbocycles. The molecule has 0 aliphatic carbocycles. The first kappa shape index (κ1) is 18.2. The molecule has 0 bridgehead atoms. The van der Waals surface area contributed by atoms with E-state index in [0.29, 0.717) is 34.9 Å². The van der Waals surface area contributed by atoms with Crippen LogP contribution in [0.15, 0.2) is 22.6 Å². The Morgan fingerprint density at radius 2 is 2.24 bits per heavy atom. The molecule has 3 rings (SSSR count). The van der Waals surface area contributed by atoms with E-state index in [-0.39, 0.29) is 11.8 Å². The van der Waals surface area contributed by atoms with Crippen molar-refractivity contribution in [3.63, 3.8) is 0 Å². The number of likely N-dealkylation sites (tertiary alicyclic amines) is 1. The lowest BCUT2D eigenvalue weighted by Gasteiger charge is -2.22. The minimum absolute atomic E-state index is 0.0267. The lowest BCUT2D eigenvalue weighted by molar-refractivity contribution is 0.0905. The van der Waals surface area contributed by atoms with Gasteiger partial charge in [0.05, 0.1) is 6.42 Å². The number of aromatic nitrogens is 2. The summed E-state index contributed by atoms with van der Waals surface area (Å²) in [7, 11) is 0. The van der Waals surface area contributed by atoms with Gasteiger partial charge in [-0.2, -0.15) is 0 Å². The summed E-state index contributed by atoms with van der Waals surface area (Å²) in [5.41, 5.74) is 0.811. The molecule has 0 unspecified atom stereocenters. The molecule has 1 N–H and O–H groups in total. The van der Waals surface area contributed by atoms with Crippen molar-refractivity contribution < 1.29 is 9.21 Å². The number of hydrogen-bond donors (Lipinski definition) is 1. The number of rotatable bonds is 6. The predicted molar refractivity (Wildman–Crippen MR) is 96.2 cm³/mol. The third-order valence-corrected chi connectivity index (χ3v) is 5.01. The van der Waals surface area contributed by atoms with Crippen LogP contribution in [0.4, 0.5) is 0 Å². The second-order valence-electron chi connectivity index (χ2n) is 6.05. The number of amides is 1. The van der Waals surface area contributed by atoms with Crippen molar-refractivity contribution in [2.24, 2.45) is 0 Å². The summed E-state index contributed by atoms with van der Waals surface area (Å²) in [5, 5.41) is 11.7. The molecule has 0 radical (unpaired) electrons. The van der Waals surface area contributed by atoms with Gasteiger partial charge in [-0.25, -0.2) is 0 Å². The topological polar surface area (TPSA) is 71.3 Å². The molecule has 25 heavy (non-hydrogen) atoms. The lowest BCUT2D eigenvalue weighted by atomic mass is 10.1. The van der Waals surface area contributed by atoms with Gasteiger partial charge >= 0.3 is 11.8 Å². The van der Waals surface area contributed by atoms with E-state index in [9.17, 15) is 4.79 Å². The van der Waals surface area contributed by atoms with Crippen LogP contribution in [-0.4, -0.2) is 46.7 Å². The zero-order valence-corrected chi connectivity index (χ0v) is 15.5. The van der Waals surface area contributed by atoms with Crippen LogP contribution >= 0.6 is 23.2 Å². The molecule has 0 spiro atoms. The van der Waals surface area contributed by atoms with Crippen LogP contribution in [0.1, 0.15) is 41.9 Å². The summed E-state index contributed by atoms with van der Waals surface area (Å²) >= 11 is 12.0. The first-order valence-electron chi connectivity index (χ1n) is 8.35. The summed E-state index contributed by atoms with van der Waals surface area (Å²) in [6.45, 7) is 4.80. The van der Waals surface area contributed by atoms with Crippen molar-refractivity contribution in [1.29, 1.82) is 0 Å². The normalized spacial score (nSPS) is 17.8. The largest absolute Gasteiger partial charge is 0.417 e. The molecule has 1 aliphatic rings. The summed E-state index contributed by atoms with van der Waals surface area (Å²) < 4.78 is 5.46. The number of benzene rings is 1. The summed E-state index contributed by atoms with van der Waals surface area (Å²) in [4.78, 5) is 14.6. The molecule has 1 fully saturated rings. The van der Waals surface area contributed by atoms with Gasteiger partial charge in [0.15, 0.2) is 0 Å². The van der Waals surface area contributed by atoms with Gasteiger partial charge in [0.1, 0.15) is 0 Å². The van der Waals surface area contributed by atoms with Crippen molar-refractivity contribution in [3.05, 3.63) is 45.6 Å². The maximum absolute atomic E-state index is 12.2. The number of carbonyl (C=O) groups excluding carboxylic acids is 1. The Kier molecular flexibility index (Phi) is 5.93. The molecule has 0 saturated carbocycles. The van der Waals surface area contributed by atoms with Crippen molar-refractivity contribution in [2.45, 2.75) is 32.2 Å². The third kappa shape index (κ3) is 4.51. The second kappa shape index (κ2) is 8.17. The van der Waals surface area contributed by atoms with Crippen LogP contribution in [0.3, 0.4) is 0 Å². The number of hydrogen-bond acceptors (Lipinski definition) is 5. The Hall–Kier alpha value is -1.63. The first-order valence-corrected chi connectivity index (χ1v) is 9.11. The highest BCUT2D eigenvalue weighted by atomic mass is 35.5. The number of likely N-dealkylation sites (N-methyl/N-ethyl adjacent to an activating group) is 1. The Bertz CT molecular complexity index is 750. The molecular weight excluding hydrogens is 363 g/mol. The van der Waals surface area contributed by atoms with Gasteiger partial charge in [0.25, 0.3) is 0 Å². The van der Waals surface area contributed by atoms with E-state index < -0.39 is 0 Å². The van der Waals surface area contributed by atoms with Crippen molar-refractivity contribution in [3.8, 4) is 0 Å². The summed E-state index contributed by atoms with van der Waals surface area (Å²) in [6.07, 6.45) is 2.61. The van der Waals surface area contributed by atoms with E-state index in [1.807, 2.05) is 0 Å². The van der Waals surface area contributed by atoms with E-state index in [0.717, 1.165) is 25.1 Å². The third-order valence-electron chi connectivity index (χ3n) is 4.42. The van der Waals surface area contributed by atoms with Crippen molar-refractivity contribution in [2.75, 3.05) is 19.6 Å². The molecule has 1 amide bonds. The Labute approximate surface area is 156 Å². The minimum atomic E-state index is -0.344. The van der Waals surface area contributed by atoms with Crippen LogP contribution in [0.25, 0.3) is 0 Å². The maximum Gasteiger partial charge on any atom is 0.308 e. The molecule has 6 nitrogen and oxygen atoms in total. The standard InChI is InChI=1S/C17H20Cl2N4O2/c1-2-23-7-3-4-13(23)10-20-16(24)17-22-21-15(25-17)8-11-5-6-12(18)9-14(11)19/h5-6,9,13H,2-4,7-8,10H2,1H3,(H,20,24)/t13-/m0/s1. The minimum Gasteiger partial charge on any atom is -0.417 e. The smallest absolute Gasteiger partial charge is 0.308 e. The highest BCUT2D eigenvalue weighted by molar-refractivity contribution is 6.35. The molecule has 134 valence electrons. The van der Waals surface area contributed by atoms with E-state index in [1.54, 1.807) is 18.2 Å². The lowest BCUT2D eigenvalue weighted by Crippen LogP contribution is -2.40. The molecule has 2 aromatic rings. The molecule has 1 atom stereocenters. The fourth-order valence-corrected chi connectivity index (χ4v) is 3.55. The fourth-order valence-electron chi connectivity index (χ4n) is 3.07. The van der Waals surface area contributed by atoms with E-state index in [1.165, 1.54) is 6.42 Å². The van der Waals surface area contributed by atoms with Crippen LogP contribution in [0.5, 0.6) is 0 Å². The van der Waals surface area contributed by atoms with E-state index >= 15 is 0 Å². The summed E-state index contributed by atoms with van der Waals surface area (Å²) in [5.74, 6) is -0.0320. The van der Waals surface area contributed by atoms with Crippen LogP contribution < -0.4 is 5.32 Å². The predicted octanol–water partition coefficient (Wildman–Crippen LogP) is 3.18. The Morgan fingerprint density at radius 3 is 3.00 bits per heavy atom. The number of carbonyl (C=O) groups is 1. The van der Waals surface area contributed by atoms with Crippen LogP contribution in [-0.2, 0) is 6.42 Å². The average molecular weight is 383 g/mol. The van der Waals surface area contributed by atoms with Crippen LogP contribution in [0.2, 0.25) is 10.0 Å². The number of halogens is 2. The highest BCUT2D eigenvalue weighted by Gasteiger charge is 2.24. The fraction of sp³-hybridized carbons (Fsp3) is 0.471. The second-order valence-corrected chi connectivity index (χ2v) is 6.89. The number of nitrogens with zero attached hydrogens (tertiary/aromatic N) is 3. The zero-order chi connectivity index (χ0) is 17.8. The average Bonchev–Trinajstić information content (AvgIpc) is 3.24. The molecule has 1 saturated heterocycles. The van der Waals surface area contributed by atoms with Gasteiger partial charge in [0, 0.05) is 22.6 Å². The quantitative estimate of drug-likeness (QED) is 0.830. The molecule has 8 heteroatoms. The zero-order valence-electron chi connectivity index (χ0n) is 14.0. The first-order chi connectivity index (χ1) is 12.1. The molecule has 2 heterocycles. The van der Waals surface area contributed by atoms with Gasteiger partial charge in [-0.15, -0.1) is 10.2 Å². The van der Waals surface area contributed by atoms with Gasteiger partial charge in [-0.05, 0) is 43.6 Å². The highest BCUT2D eigenvalue weighted by Crippen LogP contribution is 2.23. The van der Waals surface area contributed by atoms with Gasteiger partial charge in [0.2, 0.25) is 5.89 Å². The van der Waals surface area contributed by atoms with Crippen molar-refractivity contribution in [1.82, 2.24) is 20.4 Å². The molecular formula is C17H20Cl2N4O2. The van der Waals surface area contributed by atoms with Gasteiger partial charge in [-0.3, -0.25) is 9.69 Å². The van der Waals surface area contributed by atoms with E-state index in [4.69, 9.17) is 27.6 Å². The summed E-state index contributed by atoms with van der Waals surface area (Å²) in [6, 6.07) is 5.58. The monoisotopic (exact) mass is 382 g/mol. The van der Waals surface area contributed by atoms with Crippen molar-refractivity contribution >= 4 is 29.1 Å². The number of nitrogens with one attached hydrogen (secondary N) is 1. The van der Waals surface area contributed by atoms with Gasteiger partial charge < -0.3 is 9.73 Å². The van der Waals surface area contributed by atoms with E-state index in [2.05, 4.69) is 27.3 Å². The van der Waals surface area contributed by atoms with Crippen LogP contribution in [0, 0.1) is 0 Å². The maximum atomic E-state index is 12.2.